The smallest absolute Gasteiger partial charge is 0.207 e. The first kappa shape index (κ1) is 23.5. The number of aromatic hydroxyl groups is 1. The maximum Gasteiger partial charge on any atom is 0.207 e. The number of thiophene rings is 1. The second kappa shape index (κ2) is 9.80. The predicted molar refractivity (Wildman–Crippen MR) is 139 cm³/mol. The molecule has 1 aliphatic rings. The summed E-state index contributed by atoms with van der Waals surface area (Å²) in [4.78, 5) is 16.4. The van der Waals surface area contributed by atoms with Gasteiger partial charge in [-0.05, 0) is 91.9 Å². The van der Waals surface area contributed by atoms with Crippen LogP contribution in [0.2, 0.25) is 0 Å². The van der Waals surface area contributed by atoms with Gasteiger partial charge in [0.25, 0.3) is 0 Å². The molecular formula is C29H28FNO3S. The van der Waals surface area contributed by atoms with Gasteiger partial charge in [0.1, 0.15) is 22.2 Å². The average Bonchev–Trinajstić information content (AvgIpc) is 3.41. The summed E-state index contributed by atoms with van der Waals surface area (Å²) in [5.74, 6) is 1.40. The number of phenols is 1. The van der Waals surface area contributed by atoms with Gasteiger partial charge < -0.3 is 14.7 Å². The summed E-state index contributed by atoms with van der Waals surface area (Å²) < 4.78 is 20.6. The van der Waals surface area contributed by atoms with E-state index in [1.165, 1.54) is 54.6 Å². The number of fused-ring (bicyclic) bond motifs is 1. The quantitative estimate of drug-likeness (QED) is 0.285. The number of rotatable bonds is 7. The molecule has 1 N–H and O–H groups in total. The van der Waals surface area contributed by atoms with E-state index in [1.54, 1.807) is 25.1 Å². The van der Waals surface area contributed by atoms with Crippen LogP contribution >= 0.6 is 11.3 Å². The number of benzene rings is 3. The van der Waals surface area contributed by atoms with E-state index in [0.717, 1.165) is 29.0 Å². The highest BCUT2D eigenvalue weighted by Crippen LogP contribution is 2.43. The zero-order valence-electron chi connectivity index (χ0n) is 19.9. The van der Waals surface area contributed by atoms with E-state index < -0.39 is 0 Å². The van der Waals surface area contributed by atoms with Crippen molar-refractivity contribution in [2.45, 2.75) is 26.7 Å². The molecule has 1 aliphatic heterocycles. The van der Waals surface area contributed by atoms with Crippen molar-refractivity contribution in [3.63, 3.8) is 0 Å². The molecule has 4 aromatic rings. The third-order valence-corrected chi connectivity index (χ3v) is 7.77. The van der Waals surface area contributed by atoms with Crippen molar-refractivity contribution >= 4 is 27.2 Å². The van der Waals surface area contributed by atoms with Gasteiger partial charge in [0, 0.05) is 28.7 Å². The van der Waals surface area contributed by atoms with E-state index in [9.17, 15) is 14.3 Å². The molecule has 35 heavy (non-hydrogen) atoms. The van der Waals surface area contributed by atoms with Gasteiger partial charge >= 0.3 is 0 Å². The lowest BCUT2D eigenvalue weighted by atomic mass is 10.0. The maximum absolute atomic E-state index is 13.6. The summed E-state index contributed by atoms with van der Waals surface area (Å²) in [6.07, 6.45) is 2.26. The molecule has 180 valence electrons. The largest absolute Gasteiger partial charge is 0.508 e. The molecule has 0 saturated carbocycles. The highest BCUT2D eigenvalue weighted by molar-refractivity contribution is 7.21. The van der Waals surface area contributed by atoms with Crippen molar-refractivity contribution in [3.8, 4) is 17.2 Å². The Hall–Kier alpha value is -3.22. The summed E-state index contributed by atoms with van der Waals surface area (Å²) in [5.41, 5.74) is 2.24. The number of phenolic OH excluding ortho intramolecular Hbond substituents is 1. The fraction of sp³-hybridized carbons (Fsp3) is 0.276. The van der Waals surface area contributed by atoms with Crippen LogP contribution in [0.3, 0.4) is 0 Å². The van der Waals surface area contributed by atoms with Crippen LogP contribution in [0, 0.1) is 18.7 Å². The molecule has 0 spiro atoms. The molecule has 0 bridgehead atoms. The number of carbonyl (C=O) groups excluding carboxylic acids is 1. The summed E-state index contributed by atoms with van der Waals surface area (Å²) in [7, 11) is 0. The standard InChI is InChI=1S/C29H28FNO3S/c1-18-11-13-31(17-18)14-12-20-3-7-23(8-4-20)34-28-25-10-6-22(32)16-26(25)35-29(28)27(33)24-9-5-21(30)15-19(24)2/h3-10,15-16,18,32H,11-14,17H2,1-2H3/t18-/m1/s1. The molecule has 2 heterocycles. The van der Waals surface area contributed by atoms with Crippen molar-refractivity contribution in [2.24, 2.45) is 5.92 Å². The van der Waals surface area contributed by atoms with Crippen LogP contribution in [0.1, 0.15) is 39.7 Å². The van der Waals surface area contributed by atoms with Crippen LogP contribution in [-0.4, -0.2) is 35.4 Å². The minimum atomic E-state index is -0.379. The number of carbonyl (C=O) groups is 1. The zero-order valence-corrected chi connectivity index (χ0v) is 20.7. The zero-order chi connectivity index (χ0) is 24.5. The predicted octanol–water partition coefficient (Wildman–Crippen LogP) is 6.96. The van der Waals surface area contributed by atoms with Gasteiger partial charge in [0.2, 0.25) is 5.78 Å². The highest BCUT2D eigenvalue weighted by Gasteiger charge is 2.24. The lowest BCUT2D eigenvalue weighted by molar-refractivity contribution is 0.104. The number of halogens is 1. The van der Waals surface area contributed by atoms with Gasteiger partial charge in [0.15, 0.2) is 5.75 Å². The molecule has 5 rings (SSSR count). The second-order valence-corrected chi connectivity index (χ2v) is 10.5. The fourth-order valence-corrected chi connectivity index (χ4v) is 5.79. The molecular weight excluding hydrogens is 461 g/mol. The third kappa shape index (κ3) is 5.09. The maximum atomic E-state index is 13.6. The molecule has 1 atom stereocenters. The molecule has 0 amide bonds. The van der Waals surface area contributed by atoms with Gasteiger partial charge in [-0.25, -0.2) is 4.39 Å². The highest BCUT2D eigenvalue weighted by atomic mass is 32.1. The number of hydrogen-bond donors (Lipinski definition) is 1. The van der Waals surface area contributed by atoms with Crippen molar-refractivity contribution in [3.05, 3.63) is 88.0 Å². The minimum Gasteiger partial charge on any atom is -0.508 e. The number of aryl methyl sites for hydroxylation is 1. The number of nitrogens with zero attached hydrogens (tertiary/aromatic N) is 1. The van der Waals surface area contributed by atoms with Crippen molar-refractivity contribution in [1.29, 1.82) is 0 Å². The second-order valence-electron chi connectivity index (χ2n) is 9.42. The fourth-order valence-electron chi connectivity index (χ4n) is 4.68. The first-order valence-electron chi connectivity index (χ1n) is 11.9. The van der Waals surface area contributed by atoms with Crippen LogP contribution in [0.5, 0.6) is 17.2 Å². The average molecular weight is 490 g/mol. The third-order valence-electron chi connectivity index (χ3n) is 6.64. The van der Waals surface area contributed by atoms with E-state index in [2.05, 4.69) is 24.0 Å². The molecule has 1 saturated heterocycles. The lowest BCUT2D eigenvalue weighted by Crippen LogP contribution is -2.22. The van der Waals surface area contributed by atoms with Crippen LogP contribution in [0.4, 0.5) is 4.39 Å². The number of ether oxygens (including phenoxy) is 1. The van der Waals surface area contributed by atoms with Crippen LogP contribution in [0.25, 0.3) is 10.1 Å². The van der Waals surface area contributed by atoms with E-state index in [4.69, 9.17) is 4.74 Å². The molecule has 1 fully saturated rings. The van der Waals surface area contributed by atoms with Crippen molar-refractivity contribution in [2.75, 3.05) is 19.6 Å². The first-order chi connectivity index (χ1) is 16.9. The van der Waals surface area contributed by atoms with Gasteiger partial charge in [-0.3, -0.25) is 4.79 Å². The van der Waals surface area contributed by atoms with E-state index >= 15 is 0 Å². The minimum absolute atomic E-state index is 0.124. The van der Waals surface area contributed by atoms with E-state index in [-0.39, 0.29) is 17.3 Å². The number of ketones is 1. The molecule has 1 aromatic heterocycles. The van der Waals surface area contributed by atoms with E-state index in [1.807, 2.05) is 12.1 Å². The Kier molecular flexibility index (Phi) is 6.58. The van der Waals surface area contributed by atoms with Crippen LogP contribution < -0.4 is 4.74 Å². The Bertz CT molecular complexity index is 1380. The molecule has 0 radical (unpaired) electrons. The van der Waals surface area contributed by atoms with Gasteiger partial charge in [-0.15, -0.1) is 11.3 Å². The van der Waals surface area contributed by atoms with Crippen molar-refractivity contribution < 1.29 is 19.0 Å². The molecule has 4 nitrogen and oxygen atoms in total. The summed E-state index contributed by atoms with van der Waals surface area (Å²) in [5, 5.41) is 10.7. The topological polar surface area (TPSA) is 49.8 Å². The summed E-state index contributed by atoms with van der Waals surface area (Å²) in [6, 6.07) is 17.1. The number of hydrogen-bond acceptors (Lipinski definition) is 5. The first-order valence-corrected chi connectivity index (χ1v) is 12.7. The van der Waals surface area contributed by atoms with E-state index in [0.29, 0.717) is 27.5 Å². The Morgan fingerprint density at radius 1 is 1.14 bits per heavy atom. The SMILES string of the molecule is Cc1cc(F)ccc1C(=O)c1sc2cc(O)ccc2c1Oc1ccc(CCN2CC[C@@H](C)C2)cc1. The van der Waals surface area contributed by atoms with Crippen LogP contribution in [-0.2, 0) is 6.42 Å². The summed E-state index contributed by atoms with van der Waals surface area (Å²) in [6.45, 7) is 7.42. The normalized spacial score (nSPS) is 16.1. The molecule has 0 aliphatic carbocycles. The molecule has 0 unspecified atom stereocenters. The molecule has 3 aromatic carbocycles. The van der Waals surface area contributed by atoms with Gasteiger partial charge in [-0.2, -0.15) is 0 Å². The Morgan fingerprint density at radius 3 is 2.66 bits per heavy atom. The lowest BCUT2D eigenvalue weighted by Gasteiger charge is -2.15. The molecule has 6 heteroatoms. The Labute approximate surface area is 208 Å². The van der Waals surface area contributed by atoms with Crippen molar-refractivity contribution in [1.82, 2.24) is 4.90 Å². The monoisotopic (exact) mass is 489 g/mol. The Balaban J connectivity index is 1.41. The summed E-state index contributed by atoms with van der Waals surface area (Å²) >= 11 is 1.26. The van der Waals surface area contributed by atoms with Gasteiger partial charge in [-0.1, -0.05) is 19.1 Å². The van der Waals surface area contributed by atoms with Gasteiger partial charge in [0.05, 0.1) is 0 Å². The van der Waals surface area contributed by atoms with Crippen LogP contribution in [0.15, 0.2) is 60.7 Å². The Morgan fingerprint density at radius 2 is 1.94 bits per heavy atom. The number of likely N-dealkylation sites (tertiary alicyclic amines) is 1.